The van der Waals surface area contributed by atoms with E-state index in [1.54, 1.807) is 6.20 Å². The second-order valence-electron chi connectivity index (χ2n) is 4.17. The van der Waals surface area contributed by atoms with Crippen LogP contribution in [0.5, 0.6) is 0 Å². The summed E-state index contributed by atoms with van der Waals surface area (Å²) >= 11 is 12.0. The highest BCUT2D eigenvalue weighted by molar-refractivity contribution is 6.39. The van der Waals surface area contributed by atoms with E-state index in [4.69, 9.17) is 23.2 Å². The van der Waals surface area contributed by atoms with E-state index in [1.807, 2.05) is 17.8 Å². The lowest BCUT2D eigenvalue weighted by atomic mass is 10.2. The fourth-order valence-electron chi connectivity index (χ4n) is 1.77. The first-order chi connectivity index (χ1) is 9.49. The molecule has 0 aliphatic rings. The van der Waals surface area contributed by atoms with E-state index in [9.17, 15) is 10.1 Å². The molecule has 1 aromatic heterocycles. The number of hydrogen-bond acceptors (Lipinski definition) is 4. The molecule has 1 heterocycles. The Bertz CT molecular complexity index is 619. The number of imidazole rings is 1. The predicted octanol–water partition coefficient (Wildman–Crippen LogP) is 3.29. The van der Waals surface area contributed by atoms with Crippen LogP contribution in [0.2, 0.25) is 10.0 Å². The highest BCUT2D eigenvalue weighted by Gasteiger charge is 2.14. The number of aryl methyl sites for hydroxylation is 1. The molecule has 0 fully saturated rings. The molecule has 0 atom stereocenters. The summed E-state index contributed by atoms with van der Waals surface area (Å²) in [6.07, 6.45) is 4.27. The van der Waals surface area contributed by atoms with Crippen molar-refractivity contribution in [1.82, 2.24) is 9.55 Å². The van der Waals surface area contributed by atoms with Crippen LogP contribution in [0.3, 0.4) is 0 Å². The lowest BCUT2D eigenvalue weighted by Crippen LogP contribution is -2.09. The number of aromatic nitrogens is 2. The van der Waals surface area contributed by atoms with Crippen molar-refractivity contribution in [2.45, 2.75) is 6.42 Å². The average molecular weight is 315 g/mol. The topological polar surface area (TPSA) is 73.0 Å². The third kappa shape index (κ3) is 3.20. The molecule has 0 radical (unpaired) electrons. The van der Waals surface area contributed by atoms with Gasteiger partial charge in [-0.25, -0.2) is 4.98 Å². The molecular formula is C12H12Cl2N4O2. The number of rotatable bonds is 5. The second-order valence-corrected chi connectivity index (χ2v) is 4.99. The van der Waals surface area contributed by atoms with Crippen molar-refractivity contribution in [2.75, 3.05) is 11.9 Å². The quantitative estimate of drug-likeness (QED) is 0.679. The van der Waals surface area contributed by atoms with Crippen LogP contribution in [0, 0.1) is 10.1 Å². The Balaban J connectivity index is 2.06. The number of nitro groups is 1. The van der Waals surface area contributed by atoms with Gasteiger partial charge in [0.2, 0.25) is 0 Å². The minimum Gasteiger partial charge on any atom is -0.382 e. The van der Waals surface area contributed by atoms with Gasteiger partial charge in [-0.05, 0) is 0 Å². The minimum atomic E-state index is -0.532. The number of benzene rings is 1. The molecule has 0 spiro atoms. The first-order valence-corrected chi connectivity index (χ1v) is 6.58. The van der Waals surface area contributed by atoms with Crippen LogP contribution >= 0.6 is 23.2 Å². The molecule has 0 saturated heterocycles. The molecule has 2 rings (SSSR count). The maximum absolute atomic E-state index is 10.7. The van der Waals surface area contributed by atoms with Gasteiger partial charge in [-0.15, -0.1) is 0 Å². The Morgan fingerprint density at radius 1 is 1.40 bits per heavy atom. The summed E-state index contributed by atoms with van der Waals surface area (Å²) in [6.45, 7) is 0.572. The molecule has 0 amide bonds. The van der Waals surface area contributed by atoms with Crippen LogP contribution in [-0.2, 0) is 13.5 Å². The molecular weight excluding hydrogens is 303 g/mol. The molecule has 0 unspecified atom stereocenters. The van der Waals surface area contributed by atoms with Crippen LogP contribution in [-0.4, -0.2) is 21.0 Å². The van der Waals surface area contributed by atoms with Gasteiger partial charge < -0.3 is 9.88 Å². The summed E-state index contributed by atoms with van der Waals surface area (Å²) < 4.78 is 1.92. The average Bonchev–Trinajstić information content (AvgIpc) is 2.78. The summed E-state index contributed by atoms with van der Waals surface area (Å²) in [7, 11) is 1.91. The molecule has 0 aliphatic carbocycles. The lowest BCUT2D eigenvalue weighted by molar-refractivity contribution is -0.384. The van der Waals surface area contributed by atoms with E-state index in [1.165, 1.54) is 12.1 Å². The van der Waals surface area contributed by atoms with Crippen molar-refractivity contribution in [3.63, 3.8) is 0 Å². The predicted molar refractivity (Wildman–Crippen MR) is 78.5 cm³/mol. The van der Waals surface area contributed by atoms with E-state index in [-0.39, 0.29) is 15.7 Å². The summed E-state index contributed by atoms with van der Waals surface area (Å²) in [5.74, 6) is 0.923. The van der Waals surface area contributed by atoms with Crippen LogP contribution in [0.25, 0.3) is 0 Å². The molecule has 2 aromatic rings. The molecule has 1 aromatic carbocycles. The van der Waals surface area contributed by atoms with E-state index in [0.29, 0.717) is 18.7 Å². The highest BCUT2D eigenvalue weighted by atomic mass is 35.5. The van der Waals surface area contributed by atoms with Crippen molar-refractivity contribution in [3.05, 3.63) is 50.5 Å². The van der Waals surface area contributed by atoms with Crippen LogP contribution in [0.15, 0.2) is 24.5 Å². The number of anilines is 1. The molecule has 8 heteroatoms. The van der Waals surface area contributed by atoms with Crippen molar-refractivity contribution in [2.24, 2.45) is 7.05 Å². The maximum atomic E-state index is 10.7. The van der Waals surface area contributed by atoms with Gasteiger partial charge in [-0.1, -0.05) is 23.2 Å². The Hall–Kier alpha value is -1.79. The first-order valence-electron chi connectivity index (χ1n) is 5.82. The van der Waals surface area contributed by atoms with Crippen molar-refractivity contribution >= 4 is 34.6 Å². The smallest absolute Gasteiger partial charge is 0.272 e. The first kappa shape index (κ1) is 14.6. The summed E-state index contributed by atoms with van der Waals surface area (Å²) in [5.41, 5.74) is 0.364. The summed E-state index contributed by atoms with van der Waals surface area (Å²) in [5, 5.41) is 14.2. The van der Waals surface area contributed by atoms with Crippen LogP contribution in [0.4, 0.5) is 11.4 Å². The zero-order chi connectivity index (χ0) is 14.7. The minimum absolute atomic E-state index is 0.130. The Morgan fingerprint density at radius 2 is 2.05 bits per heavy atom. The van der Waals surface area contributed by atoms with Crippen LogP contribution in [0.1, 0.15) is 5.82 Å². The molecule has 20 heavy (non-hydrogen) atoms. The van der Waals surface area contributed by atoms with Gasteiger partial charge in [0.1, 0.15) is 5.82 Å². The number of hydrogen-bond donors (Lipinski definition) is 1. The zero-order valence-corrected chi connectivity index (χ0v) is 12.1. The number of nitrogens with one attached hydrogen (secondary N) is 1. The Kier molecular flexibility index (Phi) is 4.46. The van der Waals surface area contributed by atoms with Crippen molar-refractivity contribution in [3.8, 4) is 0 Å². The fourth-order valence-corrected chi connectivity index (χ4v) is 2.38. The summed E-state index contributed by atoms with van der Waals surface area (Å²) in [6, 6.07) is 2.55. The van der Waals surface area contributed by atoms with Gasteiger partial charge in [0.25, 0.3) is 5.69 Å². The largest absolute Gasteiger partial charge is 0.382 e. The standard InChI is InChI=1S/C12H12Cl2N4O2/c1-17-5-4-15-11(17)2-3-16-12-9(13)6-8(18(19)20)7-10(12)14/h4-7,16H,2-3H2,1H3. The van der Waals surface area contributed by atoms with E-state index in [0.717, 1.165) is 5.82 Å². The molecule has 0 aliphatic heterocycles. The van der Waals surface area contributed by atoms with Gasteiger partial charge in [0.05, 0.1) is 20.7 Å². The molecule has 0 saturated carbocycles. The number of halogens is 2. The van der Waals surface area contributed by atoms with E-state index < -0.39 is 4.92 Å². The number of nitrogens with zero attached hydrogens (tertiary/aromatic N) is 3. The van der Waals surface area contributed by atoms with Gasteiger partial charge in [0.15, 0.2) is 0 Å². The van der Waals surface area contributed by atoms with Crippen molar-refractivity contribution in [1.29, 1.82) is 0 Å². The molecule has 0 bridgehead atoms. The molecule has 106 valence electrons. The van der Waals surface area contributed by atoms with Gasteiger partial charge >= 0.3 is 0 Å². The zero-order valence-electron chi connectivity index (χ0n) is 10.6. The number of non-ortho nitro benzene ring substituents is 1. The Morgan fingerprint density at radius 3 is 2.55 bits per heavy atom. The number of nitro benzene ring substituents is 1. The third-order valence-electron chi connectivity index (χ3n) is 2.81. The summed E-state index contributed by atoms with van der Waals surface area (Å²) in [4.78, 5) is 14.3. The normalized spacial score (nSPS) is 10.6. The maximum Gasteiger partial charge on any atom is 0.272 e. The van der Waals surface area contributed by atoms with Gasteiger partial charge in [0, 0.05) is 44.5 Å². The van der Waals surface area contributed by atoms with E-state index in [2.05, 4.69) is 10.3 Å². The Labute approximate surface area is 125 Å². The highest BCUT2D eigenvalue weighted by Crippen LogP contribution is 2.34. The van der Waals surface area contributed by atoms with Gasteiger partial charge in [-0.2, -0.15) is 0 Å². The lowest BCUT2D eigenvalue weighted by Gasteiger charge is -2.10. The third-order valence-corrected chi connectivity index (χ3v) is 3.41. The molecule has 1 N–H and O–H groups in total. The van der Waals surface area contributed by atoms with Gasteiger partial charge in [-0.3, -0.25) is 10.1 Å². The van der Waals surface area contributed by atoms with E-state index >= 15 is 0 Å². The monoisotopic (exact) mass is 314 g/mol. The molecule has 6 nitrogen and oxygen atoms in total. The second kappa shape index (κ2) is 6.11. The fraction of sp³-hybridized carbons (Fsp3) is 0.250. The van der Waals surface area contributed by atoms with Crippen molar-refractivity contribution < 1.29 is 4.92 Å². The van der Waals surface area contributed by atoms with Crippen LogP contribution < -0.4 is 5.32 Å². The SMILES string of the molecule is Cn1ccnc1CCNc1c(Cl)cc([N+](=O)[O-])cc1Cl.